The first-order valence-electron chi connectivity index (χ1n) is 7.84. The molecule has 1 amide bonds. The second-order valence-electron chi connectivity index (χ2n) is 6.46. The molecule has 0 spiro atoms. The topological polar surface area (TPSA) is 32.3 Å². The molecule has 2 saturated heterocycles. The van der Waals surface area contributed by atoms with Crippen molar-refractivity contribution < 1.29 is 4.79 Å². The van der Waals surface area contributed by atoms with Gasteiger partial charge in [0.1, 0.15) is 0 Å². The second kappa shape index (κ2) is 6.94. The molecule has 3 nitrogen and oxygen atoms in total. The van der Waals surface area contributed by atoms with Gasteiger partial charge in [-0.1, -0.05) is 32.1 Å². The Morgan fingerprint density at radius 3 is 2.00 bits per heavy atom. The molecule has 0 aromatic rings. The van der Waals surface area contributed by atoms with Gasteiger partial charge in [-0.05, 0) is 24.7 Å². The van der Waals surface area contributed by atoms with Gasteiger partial charge in [0.05, 0.1) is 0 Å². The molecule has 2 atom stereocenters. The fourth-order valence-corrected chi connectivity index (χ4v) is 4.00. The highest BCUT2D eigenvalue weighted by Crippen LogP contribution is 2.30. The van der Waals surface area contributed by atoms with Crippen molar-refractivity contribution >= 4 is 18.3 Å². The number of fused-ring (bicyclic) bond motifs is 1. The first kappa shape index (κ1) is 15.1. The fourth-order valence-electron chi connectivity index (χ4n) is 4.00. The molecule has 3 aliphatic rings. The smallest absolute Gasteiger partial charge is 0.225 e. The van der Waals surface area contributed by atoms with Crippen molar-refractivity contribution in [2.24, 2.45) is 17.8 Å². The lowest BCUT2D eigenvalue weighted by atomic mass is 9.90. The zero-order valence-corrected chi connectivity index (χ0v) is 12.6. The van der Waals surface area contributed by atoms with Gasteiger partial charge in [-0.25, -0.2) is 0 Å². The monoisotopic (exact) mass is 286 g/mol. The Morgan fingerprint density at radius 1 is 0.895 bits per heavy atom. The summed E-state index contributed by atoms with van der Waals surface area (Å²) in [5.74, 6) is 2.30. The number of hydrogen-bond acceptors (Lipinski definition) is 2. The van der Waals surface area contributed by atoms with Crippen molar-refractivity contribution in [2.45, 2.75) is 44.9 Å². The van der Waals surface area contributed by atoms with Crippen molar-refractivity contribution in [2.75, 3.05) is 26.2 Å². The molecule has 2 heterocycles. The van der Waals surface area contributed by atoms with E-state index in [4.69, 9.17) is 0 Å². The van der Waals surface area contributed by atoms with Crippen LogP contribution in [0.1, 0.15) is 44.9 Å². The number of likely N-dealkylation sites (tertiary alicyclic amines) is 1. The van der Waals surface area contributed by atoms with Crippen molar-refractivity contribution in [3.05, 3.63) is 0 Å². The third-order valence-electron chi connectivity index (χ3n) is 5.16. The van der Waals surface area contributed by atoms with Crippen LogP contribution in [-0.4, -0.2) is 37.0 Å². The van der Waals surface area contributed by atoms with Gasteiger partial charge in [0.25, 0.3) is 0 Å². The molecule has 1 saturated carbocycles. The van der Waals surface area contributed by atoms with E-state index < -0.39 is 0 Å². The van der Waals surface area contributed by atoms with Crippen LogP contribution in [-0.2, 0) is 4.79 Å². The summed E-state index contributed by atoms with van der Waals surface area (Å²) in [6.07, 6.45) is 8.85. The molecule has 1 aliphatic carbocycles. The van der Waals surface area contributed by atoms with Crippen molar-refractivity contribution in [3.63, 3.8) is 0 Å². The van der Waals surface area contributed by atoms with Crippen LogP contribution in [0.25, 0.3) is 0 Å². The van der Waals surface area contributed by atoms with Gasteiger partial charge in [-0.15, -0.1) is 12.4 Å². The second-order valence-corrected chi connectivity index (χ2v) is 6.46. The van der Waals surface area contributed by atoms with E-state index in [1.165, 1.54) is 32.1 Å². The summed E-state index contributed by atoms with van der Waals surface area (Å²) in [4.78, 5) is 14.8. The Hall–Kier alpha value is -0.280. The average Bonchev–Trinajstić information content (AvgIpc) is 2.87. The summed E-state index contributed by atoms with van der Waals surface area (Å²) in [6.45, 7) is 4.29. The van der Waals surface area contributed by atoms with Crippen molar-refractivity contribution in [1.29, 1.82) is 0 Å². The van der Waals surface area contributed by atoms with Crippen molar-refractivity contribution in [1.82, 2.24) is 10.2 Å². The van der Waals surface area contributed by atoms with Gasteiger partial charge < -0.3 is 10.2 Å². The first-order valence-corrected chi connectivity index (χ1v) is 7.84. The normalized spacial score (nSPS) is 32.3. The number of rotatable bonds is 1. The quantitative estimate of drug-likeness (QED) is 0.803. The number of halogens is 1. The Bertz CT molecular complexity index is 287. The Labute approximate surface area is 122 Å². The molecular formula is C15H27ClN2O. The molecule has 3 fully saturated rings. The number of carbonyl (C=O) groups excluding carboxylic acids is 1. The third-order valence-corrected chi connectivity index (χ3v) is 5.16. The lowest BCUT2D eigenvalue weighted by Gasteiger charge is -2.25. The maximum atomic E-state index is 12.6. The Balaban J connectivity index is 0.00000133. The van der Waals surface area contributed by atoms with E-state index in [0.29, 0.717) is 11.8 Å². The molecule has 19 heavy (non-hydrogen) atoms. The summed E-state index contributed by atoms with van der Waals surface area (Å²) in [6, 6.07) is 0. The van der Waals surface area contributed by atoms with Crippen LogP contribution in [0.3, 0.4) is 0 Å². The highest BCUT2D eigenvalue weighted by atomic mass is 35.5. The molecule has 4 heteroatoms. The van der Waals surface area contributed by atoms with Crippen LogP contribution in [0.15, 0.2) is 0 Å². The van der Waals surface area contributed by atoms with E-state index in [-0.39, 0.29) is 12.4 Å². The summed E-state index contributed by atoms with van der Waals surface area (Å²) in [5.41, 5.74) is 0. The summed E-state index contributed by atoms with van der Waals surface area (Å²) in [5, 5.41) is 3.44. The summed E-state index contributed by atoms with van der Waals surface area (Å²) >= 11 is 0. The van der Waals surface area contributed by atoms with E-state index in [0.717, 1.165) is 50.9 Å². The zero-order valence-electron chi connectivity index (χ0n) is 11.8. The average molecular weight is 287 g/mol. The number of nitrogens with zero attached hydrogens (tertiary/aromatic N) is 1. The van der Waals surface area contributed by atoms with Gasteiger partial charge in [-0.3, -0.25) is 4.79 Å². The van der Waals surface area contributed by atoms with Gasteiger partial charge in [0.2, 0.25) is 5.91 Å². The number of nitrogens with one attached hydrogen (secondary N) is 1. The van der Waals surface area contributed by atoms with Gasteiger partial charge in [0, 0.05) is 32.1 Å². The largest absolute Gasteiger partial charge is 0.342 e. The first-order chi connectivity index (χ1) is 8.84. The van der Waals surface area contributed by atoms with E-state index in [1.54, 1.807) is 0 Å². The number of amides is 1. The van der Waals surface area contributed by atoms with Crippen LogP contribution in [0, 0.1) is 17.8 Å². The SMILES string of the molecule is Cl.O=C(C1CCCCCCC1)N1C[C@H]2CNC[C@H]2C1. The van der Waals surface area contributed by atoms with Gasteiger partial charge in [-0.2, -0.15) is 0 Å². The molecule has 0 radical (unpaired) electrons. The molecule has 0 unspecified atom stereocenters. The van der Waals surface area contributed by atoms with Crippen LogP contribution in [0.2, 0.25) is 0 Å². The standard InChI is InChI=1S/C15H26N2O.ClH/c18-15(12-6-4-2-1-3-5-7-12)17-10-13-8-16-9-14(13)11-17;/h12-14,16H,1-11H2;1H/t13-,14+;. The van der Waals surface area contributed by atoms with E-state index in [9.17, 15) is 4.79 Å². The predicted molar refractivity (Wildman–Crippen MR) is 79.5 cm³/mol. The minimum Gasteiger partial charge on any atom is -0.342 e. The number of hydrogen-bond donors (Lipinski definition) is 1. The van der Waals surface area contributed by atoms with Gasteiger partial charge in [0.15, 0.2) is 0 Å². The highest BCUT2D eigenvalue weighted by Gasteiger charge is 2.39. The van der Waals surface area contributed by atoms with E-state index >= 15 is 0 Å². The predicted octanol–water partition coefficient (Wildman–Crippen LogP) is 2.45. The summed E-state index contributed by atoms with van der Waals surface area (Å²) in [7, 11) is 0. The Kier molecular flexibility index (Phi) is 5.52. The molecular weight excluding hydrogens is 260 g/mol. The molecule has 110 valence electrons. The minimum atomic E-state index is 0. The lowest BCUT2D eigenvalue weighted by Crippen LogP contribution is -2.36. The number of carbonyl (C=O) groups is 1. The fraction of sp³-hybridized carbons (Fsp3) is 0.933. The van der Waals surface area contributed by atoms with Gasteiger partial charge >= 0.3 is 0 Å². The maximum absolute atomic E-state index is 12.6. The molecule has 0 bridgehead atoms. The van der Waals surface area contributed by atoms with Crippen molar-refractivity contribution in [3.8, 4) is 0 Å². The molecule has 2 aliphatic heterocycles. The van der Waals surface area contributed by atoms with E-state index in [2.05, 4.69) is 10.2 Å². The van der Waals surface area contributed by atoms with Crippen LogP contribution in [0.4, 0.5) is 0 Å². The third kappa shape index (κ3) is 3.43. The van der Waals surface area contributed by atoms with Crippen LogP contribution >= 0.6 is 12.4 Å². The zero-order chi connectivity index (χ0) is 12.4. The molecule has 0 aromatic heterocycles. The minimum absolute atomic E-state index is 0. The van der Waals surface area contributed by atoms with Crippen LogP contribution in [0.5, 0.6) is 0 Å². The summed E-state index contributed by atoms with van der Waals surface area (Å²) < 4.78 is 0. The van der Waals surface area contributed by atoms with E-state index in [1.807, 2.05) is 0 Å². The lowest BCUT2D eigenvalue weighted by molar-refractivity contribution is -0.135. The Morgan fingerprint density at radius 2 is 1.42 bits per heavy atom. The molecule has 1 N–H and O–H groups in total. The molecule has 3 rings (SSSR count). The highest BCUT2D eigenvalue weighted by molar-refractivity contribution is 5.85. The molecule has 0 aromatic carbocycles. The maximum Gasteiger partial charge on any atom is 0.225 e. The van der Waals surface area contributed by atoms with Crippen LogP contribution < -0.4 is 5.32 Å².